The fourth-order valence-electron chi connectivity index (χ4n) is 2.93. The molecule has 0 saturated carbocycles. The standard InChI is InChI=1S/C18H19ClN2O5S/c1-25-16-8-5-14(10-17(16)26-2)21-11-13(9-18(21)22)20-27(23,24)15-6-3-12(19)4-7-15/h3-8,10,13,20H,9,11H2,1-2H3/t13-/m1/s1. The molecule has 1 saturated heterocycles. The van der Waals surface area contributed by atoms with Crippen LogP contribution in [0.5, 0.6) is 11.5 Å². The maximum Gasteiger partial charge on any atom is 0.240 e. The summed E-state index contributed by atoms with van der Waals surface area (Å²) in [4.78, 5) is 14.0. The summed E-state index contributed by atoms with van der Waals surface area (Å²) in [6.45, 7) is 0.223. The number of anilines is 1. The van der Waals surface area contributed by atoms with Crippen molar-refractivity contribution >= 4 is 33.2 Å². The fraction of sp³-hybridized carbons (Fsp3) is 0.278. The third-order valence-corrected chi connectivity index (χ3v) is 6.04. The summed E-state index contributed by atoms with van der Waals surface area (Å²) >= 11 is 5.80. The van der Waals surface area contributed by atoms with E-state index in [0.29, 0.717) is 22.2 Å². The van der Waals surface area contributed by atoms with Gasteiger partial charge in [0, 0.05) is 35.8 Å². The minimum absolute atomic E-state index is 0.0706. The molecule has 1 amide bonds. The molecular formula is C18H19ClN2O5S. The van der Waals surface area contributed by atoms with Crippen LogP contribution < -0.4 is 19.1 Å². The summed E-state index contributed by atoms with van der Waals surface area (Å²) in [5.74, 6) is 0.868. The molecular weight excluding hydrogens is 392 g/mol. The summed E-state index contributed by atoms with van der Waals surface area (Å²) < 4.78 is 38.1. The average molecular weight is 411 g/mol. The van der Waals surface area contributed by atoms with Crippen LogP contribution in [0.2, 0.25) is 5.02 Å². The van der Waals surface area contributed by atoms with Gasteiger partial charge in [-0.15, -0.1) is 0 Å². The summed E-state index contributed by atoms with van der Waals surface area (Å²) in [6.07, 6.45) is 0.0706. The molecule has 0 aliphatic carbocycles. The Hall–Kier alpha value is -2.29. The number of ether oxygens (including phenoxy) is 2. The number of halogens is 1. The molecule has 27 heavy (non-hydrogen) atoms. The first kappa shape index (κ1) is 19.5. The first-order valence-electron chi connectivity index (χ1n) is 8.14. The smallest absolute Gasteiger partial charge is 0.240 e. The normalized spacial score (nSPS) is 17.2. The van der Waals surface area contributed by atoms with Crippen molar-refractivity contribution in [1.29, 1.82) is 0 Å². The zero-order valence-electron chi connectivity index (χ0n) is 14.8. The highest BCUT2D eigenvalue weighted by Gasteiger charge is 2.34. The average Bonchev–Trinajstić information content (AvgIpc) is 3.00. The van der Waals surface area contributed by atoms with E-state index < -0.39 is 16.1 Å². The first-order valence-corrected chi connectivity index (χ1v) is 10.0. The van der Waals surface area contributed by atoms with E-state index in [-0.39, 0.29) is 23.8 Å². The number of nitrogens with one attached hydrogen (secondary N) is 1. The van der Waals surface area contributed by atoms with E-state index in [0.717, 1.165) is 0 Å². The maximum atomic E-state index is 12.5. The molecule has 9 heteroatoms. The molecule has 1 aliphatic heterocycles. The maximum absolute atomic E-state index is 12.5. The number of nitrogens with zero attached hydrogens (tertiary/aromatic N) is 1. The van der Waals surface area contributed by atoms with Gasteiger partial charge in [-0.2, -0.15) is 0 Å². The van der Waals surface area contributed by atoms with Crippen LogP contribution in [-0.2, 0) is 14.8 Å². The summed E-state index contributed by atoms with van der Waals surface area (Å²) in [5.41, 5.74) is 0.617. The molecule has 1 N–H and O–H groups in total. The summed E-state index contributed by atoms with van der Waals surface area (Å²) in [6, 6.07) is 10.4. The van der Waals surface area contributed by atoms with Crippen LogP contribution in [0.1, 0.15) is 6.42 Å². The van der Waals surface area contributed by atoms with Gasteiger partial charge in [-0.1, -0.05) is 11.6 Å². The number of carbonyl (C=O) groups is 1. The van der Waals surface area contributed by atoms with Gasteiger partial charge in [0.15, 0.2) is 11.5 Å². The topological polar surface area (TPSA) is 84.9 Å². The highest BCUT2D eigenvalue weighted by atomic mass is 35.5. The molecule has 3 rings (SSSR count). The van der Waals surface area contributed by atoms with Crippen molar-refractivity contribution in [3.05, 3.63) is 47.5 Å². The van der Waals surface area contributed by atoms with Crippen molar-refractivity contribution in [2.45, 2.75) is 17.4 Å². The van der Waals surface area contributed by atoms with Gasteiger partial charge in [0.1, 0.15) is 0 Å². The summed E-state index contributed by atoms with van der Waals surface area (Å²) in [7, 11) is -0.707. The predicted molar refractivity (Wildman–Crippen MR) is 102 cm³/mol. The lowest BCUT2D eigenvalue weighted by Gasteiger charge is -2.19. The Balaban J connectivity index is 1.76. The van der Waals surface area contributed by atoms with Gasteiger partial charge >= 0.3 is 0 Å². The van der Waals surface area contributed by atoms with Crippen LogP contribution in [0.4, 0.5) is 5.69 Å². The molecule has 144 valence electrons. The number of carbonyl (C=O) groups excluding carboxylic acids is 1. The molecule has 7 nitrogen and oxygen atoms in total. The third kappa shape index (κ3) is 4.18. The van der Waals surface area contributed by atoms with Gasteiger partial charge in [-0.3, -0.25) is 4.79 Å². The molecule has 1 aliphatic rings. The van der Waals surface area contributed by atoms with Crippen molar-refractivity contribution in [3.8, 4) is 11.5 Å². The first-order chi connectivity index (χ1) is 12.8. The van der Waals surface area contributed by atoms with Gasteiger partial charge in [0.05, 0.1) is 19.1 Å². The lowest BCUT2D eigenvalue weighted by Crippen LogP contribution is -2.37. The Labute approximate surface area is 162 Å². The molecule has 2 aromatic rings. The number of rotatable bonds is 6. The highest BCUT2D eigenvalue weighted by Crippen LogP contribution is 2.33. The molecule has 1 fully saturated rings. The van der Waals surface area contributed by atoms with E-state index in [4.69, 9.17) is 21.1 Å². The van der Waals surface area contributed by atoms with Crippen molar-refractivity contribution < 1.29 is 22.7 Å². The quantitative estimate of drug-likeness (QED) is 0.790. The Kier molecular flexibility index (Phi) is 5.59. The van der Waals surface area contributed by atoms with E-state index in [1.165, 1.54) is 43.4 Å². The zero-order chi connectivity index (χ0) is 19.6. The zero-order valence-corrected chi connectivity index (χ0v) is 16.4. The molecule has 1 atom stereocenters. The number of benzene rings is 2. The monoisotopic (exact) mass is 410 g/mol. The molecule has 0 spiro atoms. The molecule has 0 unspecified atom stereocenters. The van der Waals surface area contributed by atoms with E-state index in [2.05, 4.69) is 4.72 Å². The van der Waals surface area contributed by atoms with Gasteiger partial charge in [0.2, 0.25) is 15.9 Å². The SMILES string of the molecule is COc1ccc(N2C[C@H](NS(=O)(=O)c3ccc(Cl)cc3)CC2=O)cc1OC. The van der Waals surface area contributed by atoms with Crippen LogP contribution in [0.25, 0.3) is 0 Å². The number of amides is 1. The lowest BCUT2D eigenvalue weighted by atomic mass is 10.2. The predicted octanol–water partition coefficient (Wildman–Crippen LogP) is 2.44. The number of sulfonamides is 1. The van der Waals surface area contributed by atoms with E-state index in [1.54, 1.807) is 18.2 Å². The van der Waals surface area contributed by atoms with Gasteiger partial charge in [0.25, 0.3) is 0 Å². The Morgan fingerprint density at radius 1 is 1.07 bits per heavy atom. The molecule has 1 heterocycles. The minimum atomic E-state index is -3.75. The Morgan fingerprint density at radius 3 is 2.37 bits per heavy atom. The number of methoxy groups -OCH3 is 2. The van der Waals surface area contributed by atoms with Crippen LogP contribution in [0.15, 0.2) is 47.4 Å². The van der Waals surface area contributed by atoms with Gasteiger partial charge < -0.3 is 14.4 Å². The largest absolute Gasteiger partial charge is 0.493 e. The highest BCUT2D eigenvalue weighted by molar-refractivity contribution is 7.89. The third-order valence-electron chi connectivity index (χ3n) is 4.25. The lowest BCUT2D eigenvalue weighted by molar-refractivity contribution is -0.117. The van der Waals surface area contributed by atoms with Gasteiger partial charge in [-0.05, 0) is 36.4 Å². The van der Waals surface area contributed by atoms with E-state index in [9.17, 15) is 13.2 Å². The Bertz CT molecular complexity index is 947. The van der Waals surface area contributed by atoms with Crippen LogP contribution in [0, 0.1) is 0 Å². The fourth-order valence-corrected chi connectivity index (χ4v) is 4.28. The number of hydrogen-bond acceptors (Lipinski definition) is 5. The second-order valence-corrected chi connectivity index (χ2v) is 8.17. The second kappa shape index (κ2) is 7.75. The van der Waals surface area contributed by atoms with E-state index >= 15 is 0 Å². The number of hydrogen-bond donors (Lipinski definition) is 1. The molecule has 0 aromatic heterocycles. The van der Waals surface area contributed by atoms with Crippen LogP contribution in [-0.4, -0.2) is 41.1 Å². The molecule has 2 aromatic carbocycles. The van der Waals surface area contributed by atoms with Crippen molar-refractivity contribution in [2.75, 3.05) is 25.7 Å². The summed E-state index contributed by atoms with van der Waals surface area (Å²) in [5, 5.41) is 0.449. The van der Waals surface area contributed by atoms with E-state index in [1.807, 2.05) is 0 Å². The minimum Gasteiger partial charge on any atom is -0.493 e. The molecule has 0 bridgehead atoms. The second-order valence-electron chi connectivity index (χ2n) is 6.02. The van der Waals surface area contributed by atoms with Gasteiger partial charge in [-0.25, -0.2) is 13.1 Å². The van der Waals surface area contributed by atoms with Crippen molar-refractivity contribution in [3.63, 3.8) is 0 Å². The van der Waals surface area contributed by atoms with Crippen LogP contribution >= 0.6 is 11.6 Å². The molecule has 0 radical (unpaired) electrons. The van der Waals surface area contributed by atoms with Crippen molar-refractivity contribution in [1.82, 2.24) is 4.72 Å². The van der Waals surface area contributed by atoms with Crippen molar-refractivity contribution in [2.24, 2.45) is 0 Å². The van der Waals surface area contributed by atoms with Crippen LogP contribution in [0.3, 0.4) is 0 Å². The Morgan fingerprint density at radius 2 is 1.74 bits per heavy atom.